The minimum absolute atomic E-state index is 0.0760. The molecule has 3 aromatic rings. The Morgan fingerprint density at radius 2 is 1.82 bits per heavy atom. The normalized spacial score (nSPS) is 13.0. The summed E-state index contributed by atoms with van der Waals surface area (Å²) in [7, 11) is -3.51. The lowest BCUT2D eigenvalue weighted by Gasteiger charge is -2.18. The zero-order chi connectivity index (χ0) is 20.1. The Morgan fingerprint density at radius 1 is 1.11 bits per heavy atom. The molecular weight excluding hydrogens is 396 g/mol. The van der Waals surface area contributed by atoms with Crippen LogP contribution in [0.15, 0.2) is 58.6 Å². The van der Waals surface area contributed by atoms with Gasteiger partial charge in [0.05, 0.1) is 16.0 Å². The molecule has 0 saturated heterocycles. The van der Waals surface area contributed by atoms with E-state index in [4.69, 9.17) is 0 Å². The van der Waals surface area contributed by atoms with E-state index in [1.54, 1.807) is 16.8 Å². The van der Waals surface area contributed by atoms with Crippen molar-refractivity contribution in [1.82, 2.24) is 29.5 Å². The van der Waals surface area contributed by atoms with Gasteiger partial charge in [0, 0.05) is 19.3 Å². The number of benzene rings is 1. The molecule has 0 aliphatic heterocycles. The second-order valence-corrected chi connectivity index (χ2v) is 9.27. The van der Waals surface area contributed by atoms with E-state index in [9.17, 15) is 8.42 Å². The van der Waals surface area contributed by atoms with Crippen LogP contribution in [-0.2, 0) is 10.0 Å². The van der Waals surface area contributed by atoms with Crippen molar-refractivity contribution >= 4 is 21.8 Å². The van der Waals surface area contributed by atoms with Crippen LogP contribution < -0.4 is 0 Å². The van der Waals surface area contributed by atoms with Crippen LogP contribution in [0.1, 0.15) is 31.8 Å². The summed E-state index contributed by atoms with van der Waals surface area (Å²) in [6, 6.07) is 13.0. The molecule has 1 aromatic carbocycles. The monoisotopic (exact) mass is 418 g/mol. The molecular formula is C18H22N6O2S2. The highest BCUT2D eigenvalue weighted by Gasteiger charge is 2.22. The van der Waals surface area contributed by atoms with Gasteiger partial charge in [-0.2, -0.15) is 8.99 Å². The molecule has 28 heavy (non-hydrogen) atoms. The van der Waals surface area contributed by atoms with Crippen molar-refractivity contribution in [2.24, 2.45) is 0 Å². The van der Waals surface area contributed by atoms with Gasteiger partial charge in [0.2, 0.25) is 10.0 Å². The summed E-state index contributed by atoms with van der Waals surface area (Å²) in [5.74, 6) is 0.692. The first-order valence-corrected chi connectivity index (χ1v) is 11.3. The number of thioether (sulfide) groups is 1. The van der Waals surface area contributed by atoms with E-state index in [1.807, 2.05) is 51.1 Å². The number of aromatic nitrogens is 5. The van der Waals surface area contributed by atoms with Gasteiger partial charge in [0.15, 0.2) is 5.82 Å². The molecule has 2 heterocycles. The van der Waals surface area contributed by atoms with Crippen LogP contribution in [0.2, 0.25) is 0 Å². The third-order valence-electron chi connectivity index (χ3n) is 4.21. The van der Waals surface area contributed by atoms with Crippen LogP contribution in [0.3, 0.4) is 0 Å². The Morgan fingerprint density at radius 3 is 2.43 bits per heavy atom. The molecule has 0 saturated carbocycles. The van der Waals surface area contributed by atoms with Crippen molar-refractivity contribution in [3.8, 4) is 5.69 Å². The molecule has 2 aromatic heterocycles. The number of pyridine rings is 1. The van der Waals surface area contributed by atoms with Gasteiger partial charge in [-0.25, -0.2) is 13.4 Å². The van der Waals surface area contributed by atoms with Crippen molar-refractivity contribution < 1.29 is 8.42 Å². The summed E-state index contributed by atoms with van der Waals surface area (Å²) in [5, 5.41) is 12.6. The molecule has 0 bridgehead atoms. The molecule has 3 rings (SSSR count). The van der Waals surface area contributed by atoms with Gasteiger partial charge < -0.3 is 0 Å². The third-order valence-corrected chi connectivity index (χ3v) is 7.29. The van der Waals surface area contributed by atoms with Crippen LogP contribution in [0.25, 0.3) is 5.69 Å². The molecule has 0 aliphatic rings. The standard InChI is InChI=1S/C18H22N6O2S2/c1-4-23(5-2)28(25,26)16-11-12-17(19-13-16)27-14(3)18-20-21-22-24(18)15-9-7-6-8-10-15/h6-14H,4-5H2,1-3H3/t14-/m1/s1. The summed E-state index contributed by atoms with van der Waals surface area (Å²) in [6.07, 6.45) is 1.41. The Bertz CT molecular complexity index is 1000. The fraction of sp³-hybridized carbons (Fsp3) is 0.333. The number of tetrazole rings is 1. The summed E-state index contributed by atoms with van der Waals surface area (Å²) < 4.78 is 28.2. The van der Waals surface area contributed by atoms with Crippen LogP contribution >= 0.6 is 11.8 Å². The zero-order valence-corrected chi connectivity index (χ0v) is 17.6. The Labute approximate surface area is 169 Å². The number of para-hydroxylation sites is 1. The molecule has 0 aliphatic carbocycles. The van der Waals surface area contributed by atoms with Crippen LogP contribution in [0, 0.1) is 0 Å². The Hall–Kier alpha value is -2.30. The van der Waals surface area contributed by atoms with E-state index in [2.05, 4.69) is 20.5 Å². The van der Waals surface area contributed by atoms with E-state index in [0.717, 1.165) is 5.69 Å². The van der Waals surface area contributed by atoms with Gasteiger partial charge in [0.1, 0.15) is 4.90 Å². The highest BCUT2D eigenvalue weighted by atomic mass is 32.2. The van der Waals surface area contributed by atoms with E-state index < -0.39 is 10.0 Å². The number of sulfonamides is 1. The van der Waals surface area contributed by atoms with Crippen LogP contribution in [-0.4, -0.2) is 51.0 Å². The topological polar surface area (TPSA) is 93.9 Å². The van der Waals surface area contributed by atoms with Crippen LogP contribution in [0.5, 0.6) is 0 Å². The SMILES string of the molecule is CCN(CC)S(=O)(=O)c1ccc(S[C@H](C)c2nnnn2-c2ccccc2)nc1. The summed E-state index contributed by atoms with van der Waals surface area (Å²) in [4.78, 5) is 4.52. The second-order valence-electron chi connectivity index (χ2n) is 5.97. The lowest BCUT2D eigenvalue weighted by Crippen LogP contribution is -2.30. The van der Waals surface area contributed by atoms with Crippen molar-refractivity contribution in [3.63, 3.8) is 0 Å². The smallest absolute Gasteiger partial charge is 0.244 e. The molecule has 0 N–H and O–H groups in total. The Kier molecular flexibility index (Phi) is 6.42. The lowest BCUT2D eigenvalue weighted by molar-refractivity contribution is 0.445. The maximum absolute atomic E-state index is 12.6. The third kappa shape index (κ3) is 4.23. The minimum atomic E-state index is -3.51. The van der Waals surface area contributed by atoms with E-state index in [-0.39, 0.29) is 10.1 Å². The Balaban J connectivity index is 1.78. The predicted octanol–water partition coefficient (Wildman–Crippen LogP) is 2.94. The fourth-order valence-corrected chi connectivity index (χ4v) is 5.01. The average Bonchev–Trinajstić information content (AvgIpc) is 3.20. The highest BCUT2D eigenvalue weighted by Crippen LogP contribution is 2.33. The summed E-state index contributed by atoms with van der Waals surface area (Å²) in [6.45, 7) is 6.47. The van der Waals surface area contributed by atoms with Crippen LogP contribution in [0.4, 0.5) is 0 Å². The van der Waals surface area contributed by atoms with Gasteiger partial charge in [-0.1, -0.05) is 43.8 Å². The molecule has 0 radical (unpaired) electrons. The second kappa shape index (κ2) is 8.80. The number of rotatable bonds is 8. The van der Waals surface area contributed by atoms with Crippen molar-refractivity contribution in [1.29, 1.82) is 0 Å². The highest BCUT2D eigenvalue weighted by molar-refractivity contribution is 7.99. The molecule has 0 unspecified atom stereocenters. The molecule has 8 nitrogen and oxygen atoms in total. The van der Waals surface area contributed by atoms with Gasteiger partial charge in [-0.15, -0.1) is 5.10 Å². The first-order valence-electron chi connectivity index (χ1n) is 8.94. The van der Waals surface area contributed by atoms with Gasteiger partial charge in [-0.3, -0.25) is 0 Å². The van der Waals surface area contributed by atoms with Gasteiger partial charge in [0.25, 0.3) is 0 Å². The number of nitrogens with zero attached hydrogens (tertiary/aromatic N) is 6. The maximum atomic E-state index is 12.6. The van der Waals surface area contributed by atoms with Gasteiger partial charge in [-0.05, 0) is 41.6 Å². The number of hydrogen-bond donors (Lipinski definition) is 0. The molecule has 148 valence electrons. The predicted molar refractivity (Wildman–Crippen MR) is 108 cm³/mol. The van der Waals surface area contributed by atoms with E-state index in [1.165, 1.54) is 22.3 Å². The molecule has 0 amide bonds. The maximum Gasteiger partial charge on any atom is 0.244 e. The number of hydrogen-bond acceptors (Lipinski definition) is 7. The van der Waals surface area contributed by atoms with E-state index in [0.29, 0.717) is 23.9 Å². The fourth-order valence-electron chi connectivity index (χ4n) is 2.74. The first-order chi connectivity index (χ1) is 13.5. The van der Waals surface area contributed by atoms with E-state index >= 15 is 0 Å². The summed E-state index contributed by atoms with van der Waals surface area (Å²) in [5.41, 5.74) is 0.878. The molecule has 0 fully saturated rings. The van der Waals surface area contributed by atoms with Crippen molar-refractivity contribution in [2.45, 2.75) is 35.9 Å². The summed E-state index contributed by atoms with van der Waals surface area (Å²) >= 11 is 1.47. The average molecular weight is 419 g/mol. The van der Waals surface area contributed by atoms with Crippen molar-refractivity contribution in [2.75, 3.05) is 13.1 Å². The lowest BCUT2D eigenvalue weighted by atomic mass is 10.3. The largest absolute Gasteiger partial charge is 0.249 e. The van der Waals surface area contributed by atoms with Gasteiger partial charge >= 0.3 is 0 Å². The minimum Gasteiger partial charge on any atom is -0.249 e. The molecule has 1 atom stereocenters. The molecule has 10 heteroatoms. The first kappa shape index (κ1) is 20.4. The van der Waals surface area contributed by atoms with Crippen molar-refractivity contribution in [3.05, 3.63) is 54.5 Å². The molecule has 0 spiro atoms. The zero-order valence-electron chi connectivity index (χ0n) is 15.9. The quantitative estimate of drug-likeness (QED) is 0.519.